The van der Waals surface area contributed by atoms with E-state index in [1.807, 2.05) is 0 Å². The van der Waals surface area contributed by atoms with E-state index in [9.17, 15) is 9.59 Å². The number of nitrogens with one attached hydrogen (secondary N) is 3. The Morgan fingerprint density at radius 3 is 2.52 bits per heavy atom. The fourth-order valence-electron chi connectivity index (χ4n) is 3.13. The van der Waals surface area contributed by atoms with Crippen LogP contribution < -0.4 is 16.0 Å². The van der Waals surface area contributed by atoms with Gasteiger partial charge in [0.15, 0.2) is 5.78 Å². The highest BCUT2D eigenvalue weighted by molar-refractivity contribution is 6.01. The van der Waals surface area contributed by atoms with Crippen LogP contribution in [-0.4, -0.2) is 80.7 Å². The zero-order chi connectivity index (χ0) is 19.3. The number of amides is 1. The van der Waals surface area contributed by atoms with E-state index in [4.69, 9.17) is 5.11 Å². The first kappa shape index (κ1) is 21.5. The van der Waals surface area contributed by atoms with Crippen LogP contribution in [0.1, 0.15) is 40.0 Å². The lowest BCUT2D eigenvalue weighted by Crippen LogP contribution is -2.37. The number of hydrogen-bond donors (Lipinski definition) is 4. The second kappa shape index (κ2) is 12.6. The number of carbonyl (C=O) groups is 2. The van der Waals surface area contributed by atoms with Crippen LogP contribution in [0.4, 0.5) is 0 Å². The Balaban J connectivity index is 1.71. The molecule has 1 heterocycles. The van der Waals surface area contributed by atoms with Crippen molar-refractivity contribution in [2.24, 2.45) is 0 Å². The highest BCUT2D eigenvalue weighted by Crippen LogP contribution is 2.08. The van der Waals surface area contributed by atoms with Crippen LogP contribution in [0.2, 0.25) is 0 Å². The third-order valence-corrected chi connectivity index (χ3v) is 4.66. The van der Waals surface area contributed by atoms with Crippen LogP contribution in [0.25, 0.3) is 0 Å². The summed E-state index contributed by atoms with van der Waals surface area (Å²) < 4.78 is 0. The maximum atomic E-state index is 12.4. The first-order valence-corrected chi connectivity index (χ1v) is 9.87. The van der Waals surface area contributed by atoms with Crippen molar-refractivity contribution in [3.63, 3.8) is 0 Å². The summed E-state index contributed by atoms with van der Waals surface area (Å²) in [6, 6.07) is 6.83. The van der Waals surface area contributed by atoms with Crippen LogP contribution in [0.15, 0.2) is 24.3 Å². The standard InChI is InChI=1S/C20H32N4O3/c25-14-10-21-7-8-23-20(27)18-6-4-5-17(15-18)19(26)16-22-9-13-24-11-2-1-3-12-24/h4-6,15,21-22,25H,1-3,7-14,16H2,(H,23,27). The average molecular weight is 377 g/mol. The molecule has 7 nitrogen and oxygen atoms in total. The lowest BCUT2D eigenvalue weighted by molar-refractivity contribution is 0.0954. The second-order valence-corrected chi connectivity index (χ2v) is 6.81. The number of benzene rings is 1. The molecule has 0 radical (unpaired) electrons. The van der Waals surface area contributed by atoms with Crippen molar-refractivity contribution in [1.82, 2.24) is 20.9 Å². The molecule has 0 aliphatic carbocycles. The largest absolute Gasteiger partial charge is 0.395 e. The molecule has 1 saturated heterocycles. The Hall–Kier alpha value is -1.80. The van der Waals surface area contributed by atoms with Gasteiger partial charge < -0.3 is 26.0 Å². The Morgan fingerprint density at radius 1 is 0.963 bits per heavy atom. The molecule has 1 aromatic rings. The quantitative estimate of drug-likeness (QED) is 0.309. The Labute approximate surface area is 161 Å². The monoisotopic (exact) mass is 376 g/mol. The number of Topliss-reactive ketones (excluding diaryl/α,β-unsaturated/α-hetero) is 1. The van der Waals surface area contributed by atoms with Gasteiger partial charge in [0.1, 0.15) is 0 Å². The smallest absolute Gasteiger partial charge is 0.251 e. The number of piperidine rings is 1. The lowest BCUT2D eigenvalue weighted by Gasteiger charge is -2.26. The molecule has 1 fully saturated rings. The van der Waals surface area contributed by atoms with Crippen LogP contribution in [-0.2, 0) is 0 Å². The lowest BCUT2D eigenvalue weighted by atomic mass is 10.1. The first-order valence-electron chi connectivity index (χ1n) is 9.87. The molecule has 1 aliphatic heterocycles. The zero-order valence-electron chi connectivity index (χ0n) is 16.0. The van der Waals surface area contributed by atoms with E-state index in [-0.39, 0.29) is 24.8 Å². The molecule has 2 rings (SSSR count). The second-order valence-electron chi connectivity index (χ2n) is 6.81. The van der Waals surface area contributed by atoms with Gasteiger partial charge in [-0.2, -0.15) is 0 Å². The minimum atomic E-state index is -0.200. The molecular weight excluding hydrogens is 344 g/mol. The summed E-state index contributed by atoms with van der Waals surface area (Å²) in [5.74, 6) is -0.207. The van der Waals surface area contributed by atoms with Crippen molar-refractivity contribution in [1.29, 1.82) is 0 Å². The van der Waals surface area contributed by atoms with Gasteiger partial charge in [-0.1, -0.05) is 18.6 Å². The van der Waals surface area contributed by atoms with Crippen molar-refractivity contribution in [2.45, 2.75) is 19.3 Å². The third kappa shape index (κ3) is 8.17. The molecular formula is C20H32N4O3. The molecule has 1 amide bonds. The van der Waals surface area contributed by atoms with E-state index in [0.717, 1.165) is 26.2 Å². The predicted octanol–water partition coefficient (Wildman–Crippen LogP) is 0.257. The predicted molar refractivity (Wildman–Crippen MR) is 106 cm³/mol. The van der Waals surface area contributed by atoms with Gasteiger partial charge in [0.25, 0.3) is 5.91 Å². The molecule has 0 unspecified atom stereocenters. The van der Waals surface area contributed by atoms with Crippen LogP contribution in [0.3, 0.4) is 0 Å². The fourth-order valence-corrected chi connectivity index (χ4v) is 3.13. The maximum absolute atomic E-state index is 12.4. The molecule has 1 aliphatic rings. The maximum Gasteiger partial charge on any atom is 0.251 e. The van der Waals surface area contributed by atoms with Gasteiger partial charge in [0.05, 0.1) is 13.2 Å². The topological polar surface area (TPSA) is 93.7 Å². The number of aliphatic hydroxyl groups is 1. The number of likely N-dealkylation sites (tertiary alicyclic amines) is 1. The minimum Gasteiger partial charge on any atom is -0.395 e. The molecule has 0 bridgehead atoms. The van der Waals surface area contributed by atoms with E-state index in [1.54, 1.807) is 24.3 Å². The number of ketones is 1. The molecule has 1 aromatic carbocycles. The Bertz CT molecular complexity index is 588. The van der Waals surface area contributed by atoms with Gasteiger partial charge in [0, 0.05) is 43.9 Å². The Morgan fingerprint density at radius 2 is 1.74 bits per heavy atom. The Kier molecular flexibility index (Phi) is 10.0. The normalized spacial score (nSPS) is 14.9. The summed E-state index contributed by atoms with van der Waals surface area (Å²) in [6.07, 6.45) is 3.86. The summed E-state index contributed by atoms with van der Waals surface area (Å²) in [4.78, 5) is 27.0. The van der Waals surface area contributed by atoms with E-state index < -0.39 is 0 Å². The minimum absolute atomic E-state index is 0.00657. The molecule has 4 N–H and O–H groups in total. The van der Waals surface area contributed by atoms with Crippen molar-refractivity contribution in [3.8, 4) is 0 Å². The average Bonchev–Trinajstić information content (AvgIpc) is 2.71. The van der Waals surface area contributed by atoms with Crippen LogP contribution >= 0.6 is 0 Å². The van der Waals surface area contributed by atoms with Crippen molar-refractivity contribution in [2.75, 3.05) is 59.0 Å². The van der Waals surface area contributed by atoms with Gasteiger partial charge in [-0.15, -0.1) is 0 Å². The third-order valence-electron chi connectivity index (χ3n) is 4.66. The van der Waals surface area contributed by atoms with E-state index in [1.165, 1.54) is 19.3 Å². The van der Waals surface area contributed by atoms with E-state index in [2.05, 4.69) is 20.9 Å². The van der Waals surface area contributed by atoms with Gasteiger partial charge in [-0.05, 0) is 38.1 Å². The molecule has 27 heavy (non-hydrogen) atoms. The van der Waals surface area contributed by atoms with Crippen molar-refractivity contribution in [3.05, 3.63) is 35.4 Å². The van der Waals surface area contributed by atoms with Crippen molar-refractivity contribution < 1.29 is 14.7 Å². The van der Waals surface area contributed by atoms with Gasteiger partial charge in [-0.25, -0.2) is 0 Å². The van der Waals surface area contributed by atoms with E-state index >= 15 is 0 Å². The fraction of sp³-hybridized carbons (Fsp3) is 0.600. The summed E-state index contributed by atoms with van der Waals surface area (Å²) in [5.41, 5.74) is 1.03. The number of carbonyl (C=O) groups excluding carboxylic acids is 2. The van der Waals surface area contributed by atoms with Gasteiger partial charge in [-0.3, -0.25) is 9.59 Å². The summed E-state index contributed by atoms with van der Waals surface area (Å²) in [5, 5.41) is 17.7. The van der Waals surface area contributed by atoms with Crippen LogP contribution in [0, 0.1) is 0 Å². The molecule has 0 atom stereocenters. The van der Waals surface area contributed by atoms with Gasteiger partial charge in [0.2, 0.25) is 0 Å². The molecule has 0 aromatic heterocycles. The highest BCUT2D eigenvalue weighted by atomic mass is 16.3. The molecule has 7 heteroatoms. The van der Waals surface area contributed by atoms with Crippen molar-refractivity contribution >= 4 is 11.7 Å². The van der Waals surface area contributed by atoms with Gasteiger partial charge >= 0.3 is 0 Å². The molecule has 0 spiro atoms. The first-order chi connectivity index (χ1) is 13.2. The number of aliphatic hydroxyl groups excluding tert-OH is 1. The highest BCUT2D eigenvalue weighted by Gasteiger charge is 2.12. The number of nitrogens with zero attached hydrogens (tertiary/aromatic N) is 1. The SMILES string of the molecule is O=C(CNCCN1CCCCC1)c1cccc(C(=O)NCCNCCO)c1. The summed E-state index contributed by atoms with van der Waals surface area (Å²) in [6.45, 7) is 6.00. The summed E-state index contributed by atoms with van der Waals surface area (Å²) in [7, 11) is 0. The zero-order valence-corrected chi connectivity index (χ0v) is 16.0. The van der Waals surface area contributed by atoms with E-state index in [0.29, 0.717) is 30.8 Å². The number of rotatable bonds is 12. The van der Waals surface area contributed by atoms with Crippen LogP contribution in [0.5, 0.6) is 0 Å². The summed E-state index contributed by atoms with van der Waals surface area (Å²) >= 11 is 0. The molecule has 0 saturated carbocycles. The number of hydrogen-bond acceptors (Lipinski definition) is 6. The molecule has 150 valence electrons.